The number of rotatable bonds is 5. The summed E-state index contributed by atoms with van der Waals surface area (Å²) in [5.41, 5.74) is 0.352. The first-order valence-corrected chi connectivity index (χ1v) is 5.20. The van der Waals surface area contributed by atoms with Gasteiger partial charge in [-0.2, -0.15) is 0 Å². The molecular formula is C11H25NO. The molecule has 0 bridgehead atoms. The second-order valence-electron chi connectivity index (χ2n) is 5.38. The van der Waals surface area contributed by atoms with Gasteiger partial charge in [-0.3, -0.25) is 0 Å². The minimum Gasteiger partial charge on any atom is -0.393 e. The Kier molecular flexibility index (Phi) is 5.57. The molecule has 0 aromatic carbocycles. The summed E-state index contributed by atoms with van der Waals surface area (Å²) >= 11 is 0. The first-order chi connectivity index (χ1) is 5.81. The minimum atomic E-state index is -0.175. The third-order valence-corrected chi connectivity index (χ3v) is 1.89. The second-order valence-corrected chi connectivity index (χ2v) is 5.38. The van der Waals surface area contributed by atoms with E-state index in [0.29, 0.717) is 11.3 Å². The number of nitrogens with one attached hydrogen (secondary N) is 1. The van der Waals surface area contributed by atoms with Gasteiger partial charge < -0.3 is 10.4 Å². The highest BCUT2D eigenvalue weighted by atomic mass is 16.3. The molecule has 2 heteroatoms. The van der Waals surface area contributed by atoms with Crippen LogP contribution in [0.1, 0.15) is 41.0 Å². The summed E-state index contributed by atoms with van der Waals surface area (Å²) < 4.78 is 0. The van der Waals surface area contributed by atoms with Crippen molar-refractivity contribution in [3.05, 3.63) is 0 Å². The van der Waals surface area contributed by atoms with Crippen molar-refractivity contribution in [2.75, 3.05) is 13.1 Å². The molecule has 0 saturated carbocycles. The lowest BCUT2D eigenvalue weighted by Gasteiger charge is -2.21. The van der Waals surface area contributed by atoms with Crippen molar-refractivity contribution in [2.45, 2.75) is 47.1 Å². The monoisotopic (exact) mass is 187 g/mol. The van der Waals surface area contributed by atoms with E-state index in [-0.39, 0.29) is 6.10 Å². The maximum Gasteiger partial charge on any atom is 0.0515 e. The fourth-order valence-corrected chi connectivity index (χ4v) is 1.36. The van der Waals surface area contributed by atoms with E-state index in [2.05, 4.69) is 33.0 Å². The van der Waals surface area contributed by atoms with Crippen LogP contribution in [0.25, 0.3) is 0 Å². The Bertz CT molecular complexity index is 127. The normalized spacial score (nSPS) is 17.1. The molecule has 0 fully saturated rings. The van der Waals surface area contributed by atoms with E-state index >= 15 is 0 Å². The predicted octanol–water partition coefficient (Wildman–Crippen LogP) is 2.03. The van der Waals surface area contributed by atoms with Gasteiger partial charge in [-0.1, -0.05) is 27.7 Å². The zero-order chi connectivity index (χ0) is 10.5. The summed E-state index contributed by atoms with van der Waals surface area (Å²) in [6.45, 7) is 12.7. The number of aliphatic hydroxyl groups is 1. The first-order valence-electron chi connectivity index (χ1n) is 5.20. The summed E-state index contributed by atoms with van der Waals surface area (Å²) in [4.78, 5) is 0. The maximum atomic E-state index is 9.15. The zero-order valence-electron chi connectivity index (χ0n) is 9.72. The van der Waals surface area contributed by atoms with Gasteiger partial charge in [0.25, 0.3) is 0 Å². The molecule has 0 heterocycles. The van der Waals surface area contributed by atoms with Crippen LogP contribution in [-0.2, 0) is 0 Å². The van der Waals surface area contributed by atoms with Crippen molar-refractivity contribution >= 4 is 0 Å². The van der Waals surface area contributed by atoms with Crippen LogP contribution in [0.3, 0.4) is 0 Å². The molecule has 0 rings (SSSR count). The number of aliphatic hydroxyl groups excluding tert-OH is 1. The van der Waals surface area contributed by atoms with Crippen LogP contribution in [0, 0.1) is 11.3 Å². The van der Waals surface area contributed by atoms with Crippen LogP contribution in [0.5, 0.6) is 0 Å². The van der Waals surface area contributed by atoms with Crippen molar-refractivity contribution < 1.29 is 5.11 Å². The molecule has 2 N–H and O–H groups in total. The molecule has 0 aromatic heterocycles. The molecule has 13 heavy (non-hydrogen) atoms. The Morgan fingerprint density at radius 2 is 1.77 bits per heavy atom. The van der Waals surface area contributed by atoms with Crippen LogP contribution in [0.2, 0.25) is 0 Å². The van der Waals surface area contributed by atoms with Gasteiger partial charge in [-0.25, -0.2) is 0 Å². The molecular weight excluding hydrogens is 162 g/mol. The fourth-order valence-electron chi connectivity index (χ4n) is 1.36. The van der Waals surface area contributed by atoms with Crippen molar-refractivity contribution in [2.24, 2.45) is 11.3 Å². The molecule has 0 amide bonds. The summed E-state index contributed by atoms with van der Waals surface area (Å²) in [5, 5.41) is 12.6. The molecule has 0 spiro atoms. The molecule has 0 aliphatic heterocycles. The predicted molar refractivity (Wildman–Crippen MR) is 57.8 cm³/mol. The van der Waals surface area contributed by atoms with Gasteiger partial charge in [-0.15, -0.1) is 0 Å². The quantitative estimate of drug-likeness (QED) is 0.690. The smallest absolute Gasteiger partial charge is 0.0515 e. The van der Waals surface area contributed by atoms with E-state index in [9.17, 15) is 0 Å². The van der Waals surface area contributed by atoms with E-state index in [0.717, 1.165) is 19.5 Å². The van der Waals surface area contributed by atoms with Gasteiger partial charge in [0.2, 0.25) is 0 Å². The Balaban J connectivity index is 3.42. The maximum absolute atomic E-state index is 9.15. The topological polar surface area (TPSA) is 32.3 Å². The SMILES string of the molecule is CC(O)CC(C)CNCC(C)(C)C. The third-order valence-electron chi connectivity index (χ3n) is 1.89. The van der Waals surface area contributed by atoms with E-state index < -0.39 is 0 Å². The highest BCUT2D eigenvalue weighted by molar-refractivity contribution is 4.67. The molecule has 0 radical (unpaired) electrons. The summed E-state index contributed by atoms with van der Waals surface area (Å²) in [6.07, 6.45) is 0.711. The number of hydrogen-bond acceptors (Lipinski definition) is 2. The summed E-state index contributed by atoms with van der Waals surface area (Å²) in [6, 6.07) is 0. The van der Waals surface area contributed by atoms with E-state index in [1.54, 1.807) is 0 Å². The van der Waals surface area contributed by atoms with E-state index in [1.165, 1.54) is 0 Å². The average molecular weight is 187 g/mol. The van der Waals surface area contributed by atoms with Crippen molar-refractivity contribution in [3.63, 3.8) is 0 Å². The Morgan fingerprint density at radius 3 is 2.15 bits per heavy atom. The standard InChI is InChI=1S/C11H25NO/c1-9(6-10(2)13)7-12-8-11(3,4)5/h9-10,12-13H,6-8H2,1-5H3. The molecule has 0 aliphatic carbocycles. The van der Waals surface area contributed by atoms with Crippen molar-refractivity contribution in [1.82, 2.24) is 5.32 Å². The first kappa shape index (κ1) is 12.9. The molecule has 0 aromatic rings. The second kappa shape index (κ2) is 5.61. The highest BCUT2D eigenvalue weighted by Gasteiger charge is 2.11. The van der Waals surface area contributed by atoms with Gasteiger partial charge in [0.1, 0.15) is 0 Å². The van der Waals surface area contributed by atoms with Gasteiger partial charge in [0.05, 0.1) is 6.10 Å². The van der Waals surface area contributed by atoms with Gasteiger partial charge in [-0.05, 0) is 37.8 Å². The number of hydrogen-bond donors (Lipinski definition) is 2. The van der Waals surface area contributed by atoms with E-state index in [4.69, 9.17) is 5.11 Å². The van der Waals surface area contributed by atoms with Gasteiger partial charge >= 0.3 is 0 Å². The van der Waals surface area contributed by atoms with Crippen LogP contribution < -0.4 is 5.32 Å². The minimum absolute atomic E-state index is 0.175. The Labute approximate surface area is 82.7 Å². The summed E-state index contributed by atoms with van der Waals surface area (Å²) in [7, 11) is 0. The lowest BCUT2D eigenvalue weighted by molar-refractivity contribution is 0.162. The van der Waals surface area contributed by atoms with Crippen molar-refractivity contribution in [3.8, 4) is 0 Å². The average Bonchev–Trinajstić information content (AvgIpc) is 1.81. The largest absolute Gasteiger partial charge is 0.393 e. The molecule has 2 atom stereocenters. The highest BCUT2D eigenvalue weighted by Crippen LogP contribution is 2.11. The summed E-state index contributed by atoms with van der Waals surface area (Å²) in [5.74, 6) is 0.558. The lowest BCUT2D eigenvalue weighted by Crippen LogP contribution is -2.31. The van der Waals surface area contributed by atoms with Crippen molar-refractivity contribution in [1.29, 1.82) is 0 Å². The van der Waals surface area contributed by atoms with Gasteiger partial charge in [0, 0.05) is 0 Å². The Hall–Kier alpha value is -0.0800. The Morgan fingerprint density at radius 1 is 1.23 bits per heavy atom. The third kappa shape index (κ3) is 9.84. The lowest BCUT2D eigenvalue weighted by atomic mass is 9.96. The molecule has 80 valence electrons. The van der Waals surface area contributed by atoms with Crippen LogP contribution in [0.4, 0.5) is 0 Å². The molecule has 2 unspecified atom stereocenters. The van der Waals surface area contributed by atoms with E-state index in [1.807, 2.05) is 6.92 Å². The van der Waals surface area contributed by atoms with Crippen LogP contribution >= 0.6 is 0 Å². The molecule has 0 saturated heterocycles. The van der Waals surface area contributed by atoms with Gasteiger partial charge in [0.15, 0.2) is 0 Å². The van der Waals surface area contributed by atoms with Crippen LogP contribution in [-0.4, -0.2) is 24.3 Å². The van der Waals surface area contributed by atoms with Crippen LogP contribution in [0.15, 0.2) is 0 Å². The fraction of sp³-hybridized carbons (Fsp3) is 1.00. The molecule has 2 nitrogen and oxygen atoms in total. The molecule has 0 aliphatic rings. The zero-order valence-corrected chi connectivity index (χ0v) is 9.72.